The summed E-state index contributed by atoms with van der Waals surface area (Å²) in [6.45, 7) is 11.5. The maximum atomic E-state index is 6.31. The van der Waals surface area contributed by atoms with Crippen molar-refractivity contribution >= 4 is 0 Å². The van der Waals surface area contributed by atoms with Gasteiger partial charge < -0.3 is 18.9 Å². The monoisotopic (exact) mass is 1060 g/mol. The second kappa shape index (κ2) is 41.6. The first-order chi connectivity index (χ1) is 39.5. The fourth-order valence-corrected chi connectivity index (χ4v) is 9.13. The van der Waals surface area contributed by atoms with Gasteiger partial charge in [-0.3, -0.25) is 0 Å². The summed E-state index contributed by atoms with van der Waals surface area (Å²) in [7, 11) is 0. The van der Waals surface area contributed by atoms with E-state index in [2.05, 4.69) is 122 Å². The van der Waals surface area contributed by atoms with Crippen molar-refractivity contribution in [1.82, 2.24) is 0 Å². The molecule has 416 valence electrons. The quantitative estimate of drug-likeness (QED) is 0.0336. The summed E-state index contributed by atoms with van der Waals surface area (Å²) in [6, 6.07) is 23.5. The van der Waals surface area contributed by atoms with E-state index in [0.717, 1.165) is 119 Å². The minimum atomic E-state index is 0.627. The van der Waals surface area contributed by atoms with Gasteiger partial charge in [-0.1, -0.05) is 229 Å². The van der Waals surface area contributed by atoms with Crippen molar-refractivity contribution in [3.05, 3.63) is 117 Å². The van der Waals surface area contributed by atoms with Gasteiger partial charge in [-0.25, -0.2) is 0 Å². The van der Waals surface area contributed by atoms with Crippen LogP contribution in [0.1, 0.15) is 252 Å². The topological polar surface area (TPSA) is 36.9 Å². The minimum Gasteiger partial charge on any atom is -0.494 e. The molecular weight excluding hydrogens is 977 g/mol. The van der Waals surface area contributed by atoms with E-state index in [0.29, 0.717) is 26.4 Å². The van der Waals surface area contributed by atoms with Crippen LogP contribution < -0.4 is 18.9 Å². The Morgan fingerprint density at radius 2 is 0.350 bits per heavy atom. The molecule has 0 unspecified atom stereocenters. The highest BCUT2D eigenvalue weighted by atomic mass is 16.5. The summed E-state index contributed by atoms with van der Waals surface area (Å²) >= 11 is 0. The fourth-order valence-electron chi connectivity index (χ4n) is 9.13. The molecule has 4 aromatic rings. The van der Waals surface area contributed by atoms with Crippen LogP contribution >= 0.6 is 0 Å². The minimum absolute atomic E-state index is 0.627. The predicted molar refractivity (Wildman–Crippen MR) is 335 cm³/mol. The van der Waals surface area contributed by atoms with Crippen LogP contribution in [0.3, 0.4) is 0 Å². The van der Waals surface area contributed by atoms with Gasteiger partial charge in [0.15, 0.2) is 0 Å². The van der Waals surface area contributed by atoms with Gasteiger partial charge in [-0.2, -0.15) is 0 Å². The van der Waals surface area contributed by atoms with Crippen molar-refractivity contribution in [2.75, 3.05) is 26.4 Å². The van der Waals surface area contributed by atoms with Crippen LogP contribution in [0.5, 0.6) is 23.0 Å². The Balaban J connectivity index is 1.50. The van der Waals surface area contributed by atoms with Crippen LogP contribution in [0.2, 0.25) is 0 Å². The average Bonchev–Trinajstić information content (AvgIpc) is 3.46. The van der Waals surface area contributed by atoms with Gasteiger partial charge >= 0.3 is 0 Å². The highest BCUT2D eigenvalue weighted by molar-refractivity contribution is 5.58. The Hall–Kier alpha value is -7.44. The molecule has 0 amide bonds. The molecule has 4 heteroatoms. The summed E-state index contributed by atoms with van der Waals surface area (Å²) < 4.78 is 25.3. The van der Waals surface area contributed by atoms with Crippen molar-refractivity contribution in [2.45, 2.75) is 207 Å². The van der Waals surface area contributed by atoms with E-state index in [1.165, 1.54) is 128 Å². The third kappa shape index (κ3) is 29.0. The van der Waals surface area contributed by atoms with E-state index in [1.807, 2.05) is 72.8 Å². The number of rotatable bonds is 36. The second-order valence-electron chi connectivity index (χ2n) is 20.9. The van der Waals surface area contributed by atoms with Gasteiger partial charge in [0.1, 0.15) is 23.0 Å². The zero-order valence-electron chi connectivity index (χ0n) is 49.2. The number of ether oxygens (including phenoxy) is 4. The zero-order chi connectivity index (χ0) is 56.2. The molecule has 0 atom stereocenters. The molecule has 8 bridgehead atoms. The van der Waals surface area contributed by atoms with Crippen molar-refractivity contribution in [1.29, 1.82) is 0 Å². The van der Waals surface area contributed by atoms with Crippen LogP contribution in [0.15, 0.2) is 72.8 Å². The summed E-state index contributed by atoms with van der Waals surface area (Å²) in [6.07, 6.45) is 33.9. The molecule has 0 spiro atoms. The van der Waals surface area contributed by atoms with E-state index in [9.17, 15) is 0 Å². The van der Waals surface area contributed by atoms with Crippen LogP contribution in [-0.2, 0) is 0 Å². The summed E-state index contributed by atoms with van der Waals surface area (Å²) in [4.78, 5) is 0. The third-order valence-corrected chi connectivity index (χ3v) is 13.6. The lowest BCUT2D eigenvalue weighted by atomic mass is 10.1. The molecular formula is C76H88O4. The highest BCUT2D eigenvalue weighted by Crippen LogP contribution is 2.22. The number of hydrogen-bond acceptors (Lipinski definition) is 4. The van der Waals surface area contributed by atoms with Crippen LogP contribution in [0.25, 0.3) is 0 Å². The fraction of sp³-hybridized carbons (Fsp3) is 0.474. The first-order valence-corrected chi connectivity index (χ1v) is 30.7. The van der Waals surface area contributed by atoms with Crippen LogP contribution in [-0.4, -0.2) is 26.4 Å². The third-order valence-electron chi connectivity index (χ3n) is 13.6. The molecule has 0 saturated carbocycles. The van der Waals surface area contributed by atoms with Crippen LogP contribution in [0, 0.1) is 94.7 Å². The molecule has 80 heavy (non-hydrogen) atoms. The van der Waals surface area contributed by atoms with E-state index >= 15 is 0 Å². The molecule has 0 radical (unpaired) electrons. The highest BCUT2D eigenvalue weighted by Gasteiger charge is 2.06. The molecule has 1 aliphatic carbocycles. The Morgan fingerprint density at radius 1 is 0.200 bits per heavy atom. The van der Waals surface area contributed by atoms with Crippen LogP contribution in [0.4, 0.5) is 0 Å². The lowest BCUT2D eigenvalue weighted by molar-refractivity contribution is 0.304. The van der Waals surface area contributed by atoms with Gasteiger partial charge in [0.2, 0.25) is 0 Å². The summed E-state index contributed by atoms with van der Waals surface area (Å²) in [5.41, 5.74) is 6.06. The normalized spacial score (nSPS) is 10.8. The van der Waals surface area contributed by atoms with E-state index < -0.39 is 0 Å². The molecule has 0 N–H and O–H groups in total. The molecule has 0 saturated heterocycles. The van der Waals surface area contributed by atoms with Gasteiger partial charge in [0, 0.05) is 44.5 Å². The summed E-state index contributed by atoms with van der Waals surface area (Å²) in [5, 5.41) is 0. The van der Waals surface area contributed by atoms with Crippen molar-refractivity contribution in [3.8, 4) is 118 Å². The molecule has 4 aromatic carbocycles. The maximum absolute atomic E-state index is 6.31. The average molecular weight is 1070 g/mol. The number of unbranched alkanes of at least 4 members (excludes halogenated alkanes) is 24. The van der Waals surface area contributed by atoms with E-state index in [1.54, 1.807) is 0 Å². The Morgan fingerprint density at radius 3 is 0.512 bits per heavy atom. The molecule has 0 aliphatic heterocycles. The van der Waals surface area contributed by atoms with Gasteiger partial charge in [-0.05, 0) is 146 Å². The Kier molecular flexibility index (Phi) is 33.0. The maximum Gasteiger partial charge on any atom is 0.121 e. The molecule has 4 nitrogen and oxygen atoms in total. The zero-order valence-corrected chi connectivity index (χ0v) is 49.2. The smallest absolute Gasteiger partial charge is 0.121 e. The summed E-state index contributed by atoms with van der Waals surface area (Å²) in [5.74, 6) is 53.8. The molecule has 0 aromatic heterocycles. The first kappa shape index (κ1) is 63.4. The lowest BCUT2D eigenvalue weighted by Crippen LogP contribution is -1.98. The molecule has 1 aliphatic rings. The standard InChI is InChI=1S/C76H88O4/c1-5-9-13-17-21-25-37-49-77-73-57-65-41-29-31-43-67-54-69(61-74(59-67)78-50-38-26-22-18-14-10-6-2)45-33-35-47-71-56-72(64-76(63-71)80-52-40-28-24-20-16-12-8-4)48-36-34-46-70-55-68(44-32-30-42-66(53-65)58-73)60-75(62-70)79-51-39-27-23-19-15-11-7-3/h53-64H,5-28,37-40,49-52H2,1-4H3. The molecule has 5 rings (SSSR count). The van der Waals surface area contributed by atoms with Crippen molar-refractivity contribution in [2.24, 2.45) is 0 Å². The Labute approximate surface area is 485 Å². The SMILES string of the molecule is CCCCCCCCCOc1cc2cc(c1)C#CC#Cc1cc(cc(OCCCCCCCCC)c1)C#CC#Cc1cc(cc(OCCCCCCCCC)c1)C#CC#Cc1cc(cc(OCCCCCCCCC)c1)C#CC#C2. The number of benzene rings is 4. The Bertz CT molecular complexity index is 2460. The largest absolute Gasteiger partial charge is 0.494 e. The van der Waals surface area contributed by atoms with Crippen molar-refractivity contribution < 1.29 is 18.9 Å². The van der Waals surface area contributed by atoms with E-state index in [4.69, 9.17) is 18.9 Å². The van der Waals surface area contributed by atoms with Gasteiger partial charge in [0.05, 0.1) is 26.4 Å². The predicted octanol–water partition coefficient (Wildman–Crippen LogP) is 18.1. The second-order valence-corrected chi connectivity index (χ2v) is 20.9. The van der Waals surface area contributed by atoms with E-state index in [-0.39, 0.29) is 0 Å². The lowest BCUT2D eigenvalue weighted by Gasteiger charge is -2.08. The van der Waals surface area contributed by atoms with Crippen molar-refractivity contribution in [3.63, 3.8) is 0 Å². The first-order valence-electron chi connectivity index (χ1n) is 30.7. The number of hydrogen-bond donors (Lipinski definition) is 0. The molecule has 0 heterocycles. The van der Waals surface area contributed by atoms with Gasteiger partial charge in [-0.15, -0.1) is 0 Å². The number of fused-ring (bicyclic) bond motifs is 8. The van der Waals surface area contributed by atoms with Gasteiger partial charge in [0.25, 0.3) is 0 Å². The molecule has 0 fully saturated rings.